The van der Waals surface area contributed by atoms with Gasteiger partial charge in [-0.3, -0.25) is 4.79 Å². The fourth-order valence-electron chi connectivity index (χ4n) is 0.627. The van der Waals surface area contributed by atoms with Gasteiger partial charge >= 0.3 is 0 Å². The van der Waals surface area contributed by atoms with Crippen LogP contribution in [0.3, 0.4) is 0 Å². The van der Waals surface area contributed by atoms with Crippen LogP contribution in [0.2, 0.25) is 0 Å². The molecule has 0 aliphatic carbocycles. The molecule has 0 unspecified atom stereocenters. The van der Waals surface area contributed by atoms with Gasteiger partial charge in [0.2, 0.25) is 0 Å². The van der Waals surface area contributed by atoms with E-state index < -0.39 is 0 Å². The van der Waals surface area contributed by atoms with E-state index in [1.807, 2.05) is 19.1 Å². The zero-order chi connectivity index (χ0) is 8.53. The largest absolute Gasteiger partial charge is 0.290 e. The molecular weight excluding hydrogens is 136 g/mol. The summed E-state index contributed by atoms with van der Waals surface area (Å²) in [6, 6.07) is 0. The summed E-state index contributed by atoms with van der Waals surface area (Å²) in [6.07, 6.45) is 10.7. The van der Waals surface area contributed by atoms with Crippen LogP contribution in [0, 0.1) is 0 Å². The lowest BCUT2D eigenvalue weighted by Crippen LogP contribution is -1.81. The van der Waals surface area contributed by atoms with Crippen molar-refractivity contribution in [1.82, 2.24) is 0 Å². The molecule has 0 N–H and O–H groups in total. The molecule has 0 saturated heterocycles. The van der Waals surface area contributed by atoms with Crippen LogP contribution in [0.4, 0.5) is 0 Å². The van der Waals surface area contributed by atoms with Crippen LogP contribution in [0.25, 0.3) is 0 Å². The maximum atomic E-state index is 10.6. The molecular formula is C10H14O. The number of hydrogen-bond acceptors (Lipinski definition) is 1. The third-order valence-corrected chi connectivity index (χ3v) is 1.22. The second-order valence-corrected chi connectivity index (χ2v) is 2.16. The van der Waals surface area contributed by atoms with E-state index in [-0.39, 0.29) is 5.78 Å². The van der Waals surface area contributed by atoms with Crippen LogP contribution in [0.1, 0.15) is 19.8 Å². The maximum absolute atomic E-state index is 10.6. The molecule has 0 rings (SSSR count). The van der Waals surface area contributed by atoms with Gasteiger partial charge < -0.3 is 0 Å². The van der Waals surface area contributed by atoms with Crippen molar-refractivity contribution in [3.63, 3.8) is 0 Å². The summed E-state index contributed by atoms with van der Waals surface area (Å²) in [5.41, 5.74) is 0. The Bertz CT molecular complexity index is 175. The molecule has 0 saturated carbocycles. The van der Waals surface area contributed by atoms with E-state index in [4.69, 9.17) is 0 Å². The molecule has 0 fully saturated rings. The summed E-state index contributed by atoms with van der Waals surface area (Å²) in [6.45, 7) is 5.35. The monoisotopic (exact) mass is 150 g/mol. The van der Waals surface area contributed by atoms with E-state index in [0.29, 0.717) is 0 Å². The van der Waals surface area contributed by atoms with Gasteiger partial charge in [-0.15, -0.1) is 0 Å². The summed E-state index contributed by atoms with van der Waals surface area (Å²) in [5, 5.41) is 0. The number of carbonyl (C=O) groups is 1. The highest BCUT2D eigenvalue weighted by molar-refractivity contribution is 5.98. The highest BCUT2D eigenvalue weighted by Gasteiger charge is 1.83. The second-order valence-electron chi connectivity index (χ2n) is 2.16. The normalized spacial score (nSPS) is 11.0. The molecule has 0 heterocycles. The number of ketones is 1. The summed E-state index contributed by atoms with van der Waals surface area (Å²) in [5.74, 6) is -0.0227. The molecule has 0 spiro atoms. The molecule has 11 heavy (non-hydrogen) atoms. The van der Waals surface area contributed by atoms with Gasteiger partial charge in [0.05, 0.1) is 0 Å². The fraction of sp³-hybridized carbons (Fsp3) is 0.300. The van der Waals surface area contributed by atoms with Crippen LogP contribution in [0.15, 0.2) is 37.0 Å². The van der Waals surface area contributed by atoms with Gasteiger partial charge in [-0.25, -0.2) is 0 Å². The number of hydrogen-bond donors (Lipinski definition) is 0. The van der Waals surface area contributed by atoms with E-state index in [0.717, 1.165) is 12.8 Å². The van der Waals surface area contributed by atoms with Crippen LogP contribution in [0.5, 0.6) is 0 Å². The molecule has 1 nitrogen and oxygen atoms in total. The minimum atomic E-state index is -0.0227. The topological polar surface area (TPSA) is 17.1 Å². The highest BCUT2D eigenvalue weighted by atomic mass is 16.1. The number of carbonyl (C=O) groups excluding carboxylic acids is 1. The first-order valence-electron chi connectivity index (χ1n) is 3.75. The minimum Gasteiger partial charge on any atom is -0.290 e. The van der Waals surface area contributed by atoms with E-state index in [9.17, 15) is 4.79 Å². The van der Waals surface area contributed by atoms with E-state index >= 15 is 0 Å². The van der Waals surface area contributed by atoms with Gasteiger partial charge in [-0.1, -0.05) is 24.8 Å². The molecule has 0 radical (unpaired) electrons. The molecule has 0 aromatic heterocycles. The van der Waals surface area contributed by atoms with Gasteiger partial charge in [-0.05, 0) is 31.9 Å². The Morgan fingerprint density at radius 1 is 1.36 bits per heavy atom. The molecule has 0 bridgehead atoms. The Balaban J connectivity index is 3.44. The van der Waals surface area contributed by atoms with Crippen molar-refractivity contribution < 1.29 is 4.79 Å². The molecule has 0 aromatic rings. The lowest BCUT2D eigenvalue weighted by Gasteiger charge is -1.84. The molecule has 0 atom stereocenters. The molecule has 60 valence electrons. The molecule has 0 amide bonds. The van der Waals surface area contributed by atoms with Crippen LogP contribution < -0.4 is 0 Å². The Morgan fingerprint density at radius 3 is 2.55 bits per heavy atom. The predicted molar refractivity (Wildman–Crippen MR) is 48.4 cm³/mol. The van der Waals surface area contributed by atoms with Gasteiger partial charge in [0.25, 0.3) is 0 Å². The van der Waals surface area contributed by atoms with Crippen molar-refractivity contribution in [1.29, 1.82) is 0 Å². The molecule has 0 aliphatic heterocycles. The van der Waals surface area contributed by atoms with Crippen LogP contribution >= 0.6 is 0 Å². The number of allylic oxidation sites excluding steroid dienone is 5. The molecule has 0 aliphatic rings. The first kappa shape index (κ1) is 9.89. The minimum absolute atomic E-state index is 0.0227. The van der Waals surface area contributed by atoms with E-state index in [2.05, 4.69) is 12.7 Å². The van der Waals surface area contributed by atoms with Crippen molar-refractivity contribution in [2.75, 3.05) is 0 Å². The van der Waals surface area contributed by atoms with Crippen LogP contribution in [-0.4, -0.2) is 5.78 Å². The first-order chi connectivity index (χ1) is 5.31. The van der Waals surface area contributed by atoms with Gasteiger partial charge in [-0.2, -0.15) is 0 Å². The molecule has 0 aromatic carbocycles. The summed E-state index contributed by atoms with van der Waals surface area (Å²) >= 11 is 0. The second kappa shape index (κ2) is 7.00. The Morgan fingerprint density at radius 2 is 2.00 bits per heavy atom. The third-order valence-electron chi connectivity index (χ3n) is 1.22. The van der Waals surface area contributed by atoms with Crippen molar-refractivity contribution in [3.8, 4) is 0 Å². The van der Waals surface area contributed by atoms with Gasteiger partial charge in [0.1, 0.15) is 0 Å². The van der Waals surface area contributed by atoms with Crippen molar-refractivity contribution in [3.05, 3.63) is 37.0 Å². The quantitative estimate of drug-likeness (QED) is 0.334. The summed E-state index contributed by atoms with van der Waals surface area (Å²) < 4.78 is 0. The van der Waals surface area contributed by atoms with Gasteiger partial charge in [0.15, 0.2) is 5.78 Å². The SMILES string of the molecule is C=CC(=O)C=CCCC=CC. The number of unbranched alkanes of at least 4 members (excludes halogenated alkanes) is 1. The lowest BCUT2D eigenvalue weighted by molar-refractivity contribution is -0.110. The average molecular weight is 150 g/mol. The number of rotatable bonds is 5. The maximum Gasteiger partial charge on any atom is 0.177 e. The summed E-state index contributed by atoms with van der Waals surface area (Å²) in [4.78, 5) is 10.6. The standard InChI is InChI=1S/C10H14O/c1-3-5-6-7-8-9-10(11)4-2/h3-5,8-9H,2,6-7H2,1H3. The highest BCUT2D eigenvalue weighted by Crippen LogP contribution is 1.92. The fourth-order valence-corrected chi connectivity index (χ4v) is 0.627. The Labute approximate surface area is 68.1 Å². The lowest BCUT2D eigenvalue weighted by atomic mass is 10.2. The summed E-state index contributed by atoms with van der Waals surface area (Å²) in [7, 11) is 0. The Hall–Kier alpha value is -1.11. The first-order valence-corrected chi connectivity index (χ1v) is 3.75. The average Bonchev–Trinajstić information content (AvgIpc) is 2.04. The third kappa shape index (κ3) is 6.78. The van der Waals surface area contributed by atoms with Gasteiger partial charge in [0, 0.05) is 0 Å². The zero-order valence-electron chi connectivity index (χ0n) is 6.92. The smallest absolute Gasteiger partial charge is 0.177 e. The van der Waals surface area contributed by atoms with Crippen molar-refractivity contribution >= 4 is 5.78 Å². The molecule has 1 heteroatoms. The van der Waals surface area contributed by atoms with E-state index in [1.54, 1.807) is 6.08 Å². The predicted octanol–water partition coefficient (Wildman–Crippen LogP) is 2.65. The van der Waals surface area contributed by atoms with Crippen molar-refractivity contribution in [2.24, 2.45) is 0 Å². The zero-order valence-corrected chi connectivity index (χ0v) is 6.92. The Kier molecular flexibility index (Phi) is 6.30. The van der Waals surface area contributed by atoms with Crippen molar-refractivity contribution in [2.45, 2.75) is 19.8 Å². The van der Waals surface area contributed by atoms with E-state index in [1.165, 1.54) is 6.08 Å². The van der Waals surface area contributed by atoms with Crippen LogP contribution in [-0.2, 0) is 4.79 Å².